The first-order valence-electron chi connectivity index (χ1n) is 5.80. The van der Waals surface area contributed by atoms with Crippen LogP contribution in [-0.2, 0) is 4.74 Å². The first-order valence-corrected chi connectivity index (χ1v) is 6.34. The van der Waals surface area contributed by atoms with Crippen molar-refractivity contribution in [2.45, 2.75) is 19.4 Å². The van der Waals surface area contributed by atoms with Crippen LogP contribution in [0.3, 0.4) is 0 Å². The van der Waals surface area contributed by atoms with Crippen molar-refractivity contribution in [1.29, 1.82) is 0 Å². The molecule has 0 aliphatic heterocycles. The van der Waals surface area contributed by atoms with Gasteiger partial charge >= 0.3 is 0 Å². The molecule has 0 saturated carbocycles. The summed E-state index contributed by atoms with van der Waals surface area (Å²) in [6.45, 7) is 4.53. The van der Waals surface area contributed by atoms with E-state index >= 15 is 0 Å². The third-order valence-electron chi connectivity index (χ3n) is 2.34. The zero-order valence-corrected chi connectivity index (χ0v) is 10.5. The van der Waals surface area contributed by atoms with Crippen molar-refractivity contribution >= 4 is 11.6 Å². The molecule has 1 aromatic carbocycles. The second-order valence-corrected chi connectivity index (χ2v) is 3.99. The molecule has 0 aromatic heterocycles. The van der Waals surface area contributed by atoms with Gasteiger partial charge < -0.3 is 10.1 Å². The van der Waals surface area contributed by atoms with E-state index in [4.69, 9.17) is 16.3 Å². The molecule has 90 valence electrons. The molecule has 0 amide bonds. The van der Waals surface area contributed by atoms with E-state index in [0.717, 1.165) is 26.2 Å². The molecule has 0 spiro atoms. The smallest absolute Gasteiger partial charge is 0.0591 e. The number of rotatable bonds is 8. The van der Waals surface area contributed by atoms with Crippen LogP contribution in [0.5, 0.6) is 0 Å². The normalized spacial score (nSPS) is 12.6. The van der Waals surface area contributed by atoms with E-state index < -0.39 is 0 Å². The van der Waals surface area contributed by atoms with Gasteiger partial charge in [0.15, 0.2) is 0 Å². The number of ether oxygens (including phenoxy) is 1. The standard InChI is InChI=1S/C13H20ClNO/c1-2-9-16-10-8-15-13(11-14)12-6-4-3-5-7-12/h3-7,13,15H,2,8-11H2,1H3. The maximum absolute atomic E-state index is 5.94. The Morgan fingerprint density at radius 3 is 2.62 bits per heavy atom. The van der Waals surface area contributed by atoms with Gasteiger partial charge in [0, 0.05) is 25.1 Å². The highest BCUT2D eigenvalue weighted by molar-refractivity contribution is 6.18. The summed E-state index contributed by atoms with van der Waals surface area (Å²) in [5, 5.41) is 3.39. The Hall–Kier alpha value is -0.570. The third-order valence-corrected chi connectivity index (χ3v) is 2.65. The number of alkyl halides is 1. The predicted molar refractivity (Wildman–Crippen MR) is 69.0 cm³/mol. The SMILES string of the molecule is CCCOCCNC(CCl)c1ccccc1. The van der Waals surface area contributed by atoms with Gasteiger partial charge in [0.25, 0.3) is 0 Å². The summed E-state index contributed by atoms with van der Waals surface area (Å²) in [6, 6.07) is 10.5. The molecular formula is C13H20ClNO. The fourth-order valence-corrected chi connectivity index (χ4v) is 1.79. The van der Waals surface area contributed by atoms with Crippen LogP contribution in [0, 0.1) is 0 Å². The van der Waals surface area contributed by atoms with E-state index in [0.29, 0.717) is 5.88 Å². The molecule has 3 heteroatoms. The first kappa shape index (κ1) is 13.5. The minimum absolute atomic E-state index is 0.216. The Bertz CT molecular complexity index is 266. The zero-order valence-electron chi connectivity index (χ0n) is 9.79. The zero-order chi connectivity index (χ0) is 11.6. The van der Waals surface area contributed by atoms with Crippen LogP contribution in [0.2, 0.25) is 0 Å². The fourth-order valence-electron chi connectivity index (χ4n) is 1.50. The van der Waals surface area contributed by atoms with Gasteiger partial charge in [-0.3, -0.25) is 0 Å². The molecule has 0 bridgehead atoms. The minimum atomic E-state index is 0.216. The Labute approximate surface area is 103 Å². The highest BCUT2D eigenvalue weighted by Crippen LogP contribution is 2.13. The summed E-state index contributed by atoms with van der Waals surface area (Å²) < 4.78 is 5.41. The molecule has 1 N–H and O–H groups in total. The number of halogens is 1. The van der Waals surface area contributed by atoms with Crippen molar-refractivity contribution < 1.29 is 4.74 Å². The molecule has 0 heterocycles. The van der Waals surface area contributed by atoms with Crippen LogP contribution in [0.25, 0.3) is 0 Å². The summed E-state index contributed by atoms with van der Waals surface area (Å²) in [4.78, 5) is 0. The van der Waals surface area contributed by atoms with Crippen molar-refractivity contribution in [2.75, 3.05) is 25.6 Å². The summed E-state index contributed by atoms with van der Waals surface area (Å²) in [5.41, 5.74) is 1.23. The van der Waals surface area contributed by atoms with Crippen molar-refractivity contribution in [3.63, 3.8) is 0 Å². The maximum Gasteiger partial charge on any atom is 0.0591 e. The lowest BCUT2D eigenvalue weighted by Gasteiger charge is -2.16. The molecule has 0 fully saturated rings. The average Bonchev–Trinajstić information content (AvgIpc) is 2.35. The molecule has 1 unspecified atom stereocenters. The van der Waals surface area contributed by atoms with E-state index in [1.165, 1.54) is 5.56 Å². The molecular weight excluding hydrogens is 222 g/mol. The Morgan fingerprint density at radius 2 is 2.00 bits per heavy atom. The van der Waals surface area contributed by atoms with Gasteiger partial charge in [-0.25, -0.2) is 0 Å². The topological polar surface area (TPSA) is 21.3 Å². The monoisotopic (exact) mass is 241 g/mol. The highest BCUT2D eigenvalue weighted by atomic mass is 35.5. The van der Waals surface area contributed by atoms with Gasteiger partial charge in [-0.15, -0.1) is 11.6 Å². The van der Waals surface area contributed by atoms with Crippen molar-refractivity contribution in [3.05, 3.63) is 35.9 Å². The van der Waals surface area contributed by atoms with Crippen LogP contribution >= 0.6 is 11.6 Å². The summed E-state index contributed by atoms with van der Waals surface area (Å²) >= 11 is 5.94. The number of benzene rings is 1. The molecule has 0 radical (unpaired) electrons. The molecule has 0 aliphatic carbocycles. The fraction of sp³-hybridized carbons (Fsp3) is 0.538. The lowest BCUT2D eigenvalue weighted by atomic mass is 10.1. The largest absolute Gasteiger partial charge is 0.380 e. The van der Waals surface area contributed by atoms with E-state index in [9.17, 15) is 0 Å². The van der Waals surface area contributed by atoms with E-state index in [1.54, 1.807) is 0 Å². The van der Waals surface area contributed by atoms with Gasteiger partial charge in [0.2, 0.25) is 0 Å². The van der Waals surface area contributed by atoms with Gasteiger partial charge in [0.05, 0.1) is 6.61 Å². The van der Waals surface area contributed by atoms with Crippen molar-refractivity contribution in [3.8, 4) is 0 Å². The summed E-state index contributed by atoms with van der Waals surface area (Å²) in [5.74, 6) is 0.581. The number of hydrogen-bond donors (Lipinski definition) is 1. The maximum atomic E-state index is 5.94. The summed E-state index contributed by atoms with van der Waals surface area (Å²) in [6.07, 6.45) is 1.07. The second kappa shape index (κ2) is 8.57. The Kier molecular flexibility index (Phi) is 7.23. The molecule has 0 saturated heterocycles. The van der Waals surface area contributed by atoms with Crippen LogP contribution in [-0.4, -0.2) is 25.6 Å². The third kappa shape index (κ3) is 4.97. The van der Waals surface area contributed by atoms with E-state index in [2.05, 4.69) is 24.4 Å². The molecule has 2 nitrogen and oxygen atoms in total. The van der Waals surface area contributed by atoms with Gasteiger partial charge in [-0.1, -0.05) is 37.3 Å². The molecule has 1 aromatic rings. The van der Waals surface area contributed by atoms with Gasteiger partial charge in [-0.05, 0) is 12.0 Å². The number of nitrogens with one attached hydrogen (secondary N) is 1. The van der Waals surface area contributed by atoms with Crippen molar-refractivity contribution in [1.82, 2.24) is 5.32 Å². The molecule has 16 heavy (non-hydrogen) atoms. The van der Waals surface area contributed by atoms with Crippen molar-refractivity contribution in [2.24, 2.45) is 0 Å². The predicted octanol–water partition coefficient (Wildman–Crippen LogP) is 2.98. The van der Waals surface area contributed by atoms with E-state index in [1.807, 2.05) is 18.2 Å². The number of hydrogen-bond acceptors (Lipinski definition) is 2. The summed E-state index contributed by atoms with van der Waals surface area (Å²) in [7, 11) is 0. The quantitative estimate of drug-likeness (QED) is 0.558. The van der Waals surface area contributed by atoms with E-state index in [-0.39, 0.29) is 6.04 Å². The van der Waals surface area contributed by atoms with Crippen LogP contribution in [0.15, 0.2) is 30.3 Å². The Balaban J connectivity index is 2.27. The lowest BCUT2D eigenvalue weighted by Crippen LogP contribution is -2.26. The van der Waals surface area contributed by atoms with Crippen LogP contribution in [0.1, 0.15) is 24.9 Å². The van der Waals surface area contributed by atoms with Gasteiger partial charge in [0.1, 0.15) is 0 Å². The van der Waals surface area contributed by atoms with Gasteiger partial charge in [-0.2, -0.15) is 0 Å². The first-order chi connectivity index (χ1) is 7.88. The minimum Gasteiger partial charge on any atom is -0.380 e. The highest BCUT2D eigenvalue weighted by Gasteiger charge is 2.07. The molecule has 1 atom stereocenters. The lowest BCUT2D eigenvalue weighted by molar-refractivity contribution is 0.135. The molecule has 1 rings (SSSR count). The van der Waals surface area contributed by atoms with Crippen LogP contribution < -0.4 is 5.32 Å². The van der Waals surface area contributed by atoms with Crippen LogP contribution in [0.4, 0.5) is 0 Å². The average molecular weight is 242 g/mol. The second-order valence-electron chi connectivity index (χ2n) is 3.68. The molecule has 0 aliphatic rings. The Morgan fingerprint density at radius 1 is 1.25 bits per heavy atom.